The summed E-state index contributed by atoms with van der Waals surface area (Å²) in [6.45, 7) is 6.66. The molecule has 3 nitrogen and oxygen atoms in total. The Morgan fingerprint density at radius 1 is 1.44 bits per heavy atom. The minimum atomic E-state index is -0.219. The number of hydrogen-bond acceptors (Lipinski definition) is 3. The predicted octanol–water partition coefficient (Wildman–Crippen LogP) is 2.03. The fourth-order valence-corrected chi connectivity index (χ4v) is 2.07. The van der Waals surface area contributed by atoms with Gasteiger partial charge in [-0.1, -0.05) is 6.07 Å². The zero-order valence-corrected chi connectivity index (χ0v) is 10.9. The van der Waals surface area contributed by atoms with Gasteiger partial charge in [0, 0.05) is 13.1 Å². The van der Waals surface area contributed by atoms with Crippen molar-refractivity contribution in [2.24, 2.45) is 0 Å². The summed E-state index contributed by atoms with van der Waals surface area (Å²) in [4.78, 5) is 0. The molecule has 1 aromatic rings. The molecule has 2 atom stereocenters. The van der Waals surface area contributed by atoms with Gasteiger partial charge >= 0.3 is 0 Å². The second-order valence-electron chi connectivity index (χ2n) is 4.81. The van der Waals surface area contributed by atoms with Crippen molar-refractivity contribution in [2.45, 2.75) is 32.7 Å². The van der Waals surface area contributed by atoms with E-state index >= 15 is 0 Å². The van der Waals surface area contributed by atoms with Gasteiger partial charge in [0.05, 0.1) is 25.4 Å². The molecular weight excluding hydrogens is 233 g/mol. The molecule has 1 fully saturated rings. The molecule has 1 aromatic carbocycles. The van der Waals surface area contributed by atoms with Crippen molar-refractivity contribution in [3.63, 3.8) is 0 Å². The molecule has 4 heteroatoms. The van der Waals surface area contributed by atoms with E-state index in [1.807, 2.05) is 13.8 Å². The SMILES string of the molecule is Cc1ccc(F)cc1COCC1CNCC(C)O1. The molecule has 1 saturated heterocycles. The lowest BCUT2D eigenvalue weighted by Gasteiger charge is -2.28. The average molecular weight is 253 g/mol. The van der Waals surface area contributed by atoms with Crippen molar-refractivity contribution >= 4 is 0 Å². The van der Waals surface area contributed by atoms with Gasteiger partial charge in [0.2, 0.25) is 0 Å². The van der Waals surface area contributed by atoms with Crippen molar-refractivity contribution in [3.05, 3.63) is 35.1 Å². The lowest BCUT2D eigenvalue weighted by molar-refractivity contribution is -0.0717. The van der Waals surface area contributed by atoms with Gasteiger partial charge in [0.25, 0.3) is 0 Å². The van der Waals surface area contributed by atoms with Crippen LogP contribution in [0.25, 0.3) is 0 Å². The van der Waals surface area contributed by atoms with E-state index in [4.69, 9.17) is 9.47 Å². The highest BCUT2D eigenvalue weighted by molar-refractivity contribution is 5.25. The zero-order valence-electron chi connectivity index (χ0n) is 10.9. The number of benzene rings is 1. The standard InChI is InChI=1S/C14H20FNO2/c1-10-3-4-13(15)5-12(10)8-17-9-14-7-16-6-11(2)18-14/h3-5,11,14,16H,6-9H2,1-2H3. The molecule has 0 spiro atoms. The Morgan fingerprint density at radius 3 is 3.06 bits per heavy atom. The molecule has 0 radical (unpaired) electrons. The van der Waals surface area contributed by atoms with Gasteiger partial charge in [-0.2, -0.15) is 0 Å². The van der Waals surface area contributed by atoms with Crippen LogP contribution >= 0.6 is 0 Å². The second kappa shape index (κ2) is 6.27. The van der Waals surface area contributed by atoms with Crippen LogP contribution in [0.15, 0.2) is 18.2 Å². The topological polar surface area (TPSA) is 30.5 Å². The fourth-order valence-electron chi connectivity index (χ4n) is 2.07. The van der Waals surface area contributed by atoms with E-state index in [1.165, 1.54) is 12.1 Å². The Hall–Kier alpha value is -0.970. The Bertz CT molecular complexity index is 397. The van der Waals surface area contributed by atoms with E-state index in [2.05, 4.69) is 5.32 Å². The summed E-state index contributed by atoms with van der Waals surface area (Å²) in [7, 11) is 0. The smallest absolute Gasteiger partial charge is 0.123 e. The molecule has 0 aromatic heterocycles. The van der Waals surface area contributed by atoms with Crippen molar-refractivity contribution in [1.29, 1.82) is 0 Å². The third kappa shape index (κ3) is 3.77. The maximum atomic E-state index is 13.1. The normalized spacial score (nSPS) is 24.2. The minimum Gasteiger partial charge on any atom is -0.374 e. The molecule has 0 aliphatic carbocycles. The summed E-state index contributed by atoms with van der Waals surface area (Å²) in [5, 5.41) is 3.29. The number of rotatable bonds is 4. The highest BCUT2D eigenvalue weighted by Gasteiger charge is 2.18. The molecule has 0 bridgehead atoms. The summed E-state index contributed by atoms with van der Waals surface area (Å²) in [6, 6.07) is 4.77. The van der Waals surface area contributed by atoms with E-state index < -0.39 is 0 Å². The number of aryl methyl sites for hydroxylation is 1. The molecule has 1 N–H and O–H groups in total. The Kier molecular flexibility index (Phi) is 4.69. The van der Waals surface area contributed by atoms with Crippen LogP contribution < -0.4 is 5.32 Å². The molecule has 1 aliphatic heterocycles. The number of hydrogen-bond donors (Lipinski definition) is 1. The predicted molar refractivity (Wildman–Crippen MR) is 68.0 cm³/mol. The highest BCUT2D eigenvalue weighted by Crippen LogP contribution is 2.12. The number of nitrogens with one attached hydrogen (secondary N) is 1. The van der Waals surface area contributed by atoms with Crippen LogP contribution in [0.1, 0.15) is 18.1 Å². The van der Waals surface area contributed by atoms with Crippen LogP contribution in [-0.2, 0) is 16.1 Å². The minimum absolute atomic E-state index is 0.0858. The van der Waals surface area contributed by atoms with Crippen LogP contribution in [-0.4, -0.2) is 31.9 Å². The van der Waals surface area contributed by atoms with E-state index in [-0.39, 0.29) is 18.0 Å². The third-order valence-electron chi connectivity index (χ3n) is 3.10. The van der Waals surface area contributed by atoms with E-state index in [1.54, 1.807) is 6.07 Å². The molecule has 0 saturated carbocycles. The second-order valence-corrected chi connectivity index (χ2v) is 4.81. The molecule has 2 rings (SSSR count). The molecule has 18 heavy (non-hydrogen) atoms. The van der Waals surface area contributed by atoms with Crippen molar-refractivity contribution in [2.75, 3.05) is 19.7 Å². The maximum absolute atomic E-state index is 13.1. The average Bonchev–Trinajstić information content (AvgIpc) is 2.34. The fraction of sp³-hybridized carbons (Fsp3) is 0.571. The van der Waals surface area contributed by atoms with Gasteiger partial charge in [-0.3, -0.25) is 0 Å². The van der Waals surface area contributed by atoms with Gasteiger partial charge in [-0.25, -0.2) is 4.39 Å². The van der Waals surface area contributed by atoms with Crippen LogP contribution in [0.3, 0.4) is 0 Å². The molecule has 0 amide bonds. The van der Waals surface area contributed by atoms with Gasteiger partial charge in [0.15, 0.2) is 0 Å². The summed E-state index contributed by atoms with van der Waals surface area (Å²) in [5.74, 6) is -0.219. The van der Waals surface area contributed by atoms with Gasteiger partial charge in [-0.05, 0) is 37.1 Å². The van der Waals surface area contributed by atoms with Crippen LogP contribution in [0.2, 0.25) is 0 Å². The van der Waals surface area contributed by atoms with Crippen LogP contribution in [0, 0.1) is 12.7 Å². The lowest BCUT2D eigenvalue weighted by atomic mass is 10.1. The van der Waals surface area contributed by atoms with E-state index in [0.717, 1.165) is 24.2 Å². The first-order chi connectivity index (χ1) is 8.65. The van der Waals surface area contributed by atoms with Crippen LogP contribution in [0.5, 0.6) is 0 Å². The Balaban J connectivity index is 1.79. The molecule has 1 heterocycles. The van der Waals surface area contributed by atoms with E-state index in [9.17, 15) is 4.39 Å². The maximum Gasteiger partial charge on any atom is 0.123 e. The first-order valence-corrected chi connectivity index (χ1v) is 6.34. The monoisotopic (exact) mass is 253 g/mol. The quantitative estimate of drug-likeness (QED) is 0.890. The first-order valence-electron chi connectivity index (χ1n) is 6.34. The zero-order chi connectivity index (χ0) is 13.0. The summed E-state index contributed by atoms with van der Waals surface area (Å²) in [6.07, 6.45) is 0.311. The first kappa shape index (κ1) is 13.5. The van der Waals surface area contributed by atoms with Crippen molar-refractivity contribution in [3.8, 4) is 0 Å². The summed E-state index contributed by atoms with van der Waals surface area (Å²) < 4.78 is 24.4. The Morgan fingerprint density at radius 2 is 2.28 bits per heavy atom. The van der Waals surface area contributed by atoms with Gasteiger partial charge in [-0.15, -0.1) is 0 Å². The van der Waals surface area contributed by atoms with Crippen LogP contribution in [0.4, 0.5) is 4.39 Å². The molecule has 100 valence electrons. The molecule has 2 unspecified atom stereocenters. The summed E-state index contributed by atoms with van der Waals surface area (Å²) >= 11 is 0. The summed E-state index contributed by atoms with van der Waals surface area (Å²) in [5.41, 5.74) is 1.94. The molecular formula is C14H20FNO2. The largest absolute Gasteiger partial charge is 0.374 e. The lowest BCUT2D eigenvalue weighted by Crippen LogP contribution is -2.45. The van der Waals surface area contributed by atoms with Gasteiger partial charge in [0.1, 0.15) is 5.82 Å². The van der Waals surface area contributed by atoms with E-state index in [0.29, 0.717) is 13.2 Å². The number of ether oxygens (including phenoxy) is 2. The number of morpholine rings is 1. The number of halogens is 1. The highest BCUT2D eigenvalue weighted by atomic mass is 19.1. The van der Waals surface area contributed by atoms with Crippen molar-refractivity contribution in [1.82, 2.24) is 5.32 Å². The third-order valence-corrected chi connectivity index (χ3v) is 3.10. The Labute approximate surface area is 107 Å². The molecule has 1 aliphatic rings. The van der Waals surface area contributed by atoms with Crippen molar-refractivity contribution < 1.29 is 13.9 Å². The van der Waals surface area contributed by atoms with Gasteiger partial charge < -0.3 is 14.8 Å².